The van der Waals surface area contributed by atoms with Crippen LogP contribution in [0.2, 0.25) is 0 Å². The van der Waals surface area contributed by atoms with E-state index in [1.807, 2.05) is 0 Å². The van der Waals surface area contributed by atoms with E-state index < -0.39 is 0 Å². The van der Waals surface area contributed by atoms with E-state index in [9.17, 15) is 0 Å². The molecule has 1 aliphatic heterocycles. The largest absolute Gasteiger partial charge is 0.372 e. The summed E-state index contributed by atoms with van der Waals surface area (Å²) in [6.45, 7) is 6.71. The summed E-state index contributed by atoms with van der Waals surface area (Å²) in [6.07, 6.45) is 8.23. The molecule has 1 atom stereocenters. The molecule has 0 radical (unpaired) electrons. The Morgan fingerprint density at radius 2 is 2.00 bits per heavy atom. The summed E-state index contributed by atoms with van der Waals surface area (Å²) in [5.74, 6) is 0.986. The zero-order valence-electron chi connectivity index (χ0n) is 10.7. The minimum atomic E-state index is 0.206. The molecule has 2 nitrogen and oxygen atoms in total. The Kier molecular flexibility index (Phi) is 2.56. The molecule has 2 aliphatic carbocycles. The molecule has 1 spiro atoms. The quantitative estimate of drug-likeness (QED) is 0.777. The van der Waals surface area contributed by atoms with Crippen LogP contribution in [0.25, 0.3) is 0 Å². The lowest BCUT2D eigenvalue weighted by molar-refractivity contribution is -0.197. The standard InChI is InChI=1S/C14H25NO/c1-13(2)9-14(10-13)12(15-6-7-16-14)8-11-4-3-5-11/h11-12,15H,3-10H2,1-2H3. The van der Waals surface area contributed by atoms with E-state index in [4.69, 9.17) is 4.74 Å². The normalized spacial score (nSPS) is 36.8. The first kappa shape index (κ1) is 11.0. The lowest BCUT2D eigenvalue weighted by Crippen LogP contribution is -2.66. The van der Waals surface area contributed by atoms with Gasteiger partial charge >= 0.3 is 0 Å². The van der Waals surface area contributed by atoms with Gasteiger partial charge in [-0.3, -0.25) is 0 Å². The zero-order chi connectivity index (χ0) is 11.2. The average molecular weight is 223 g/mol. The highest BCUT2D eigenvalue weighted by molar-refractivity contribution is 5.09. The van der Waals surface area contributed by atoms with Crippen molar-refractivity contribution in [3.05, 3.63) is 0 Å². The lowest BCUT2D eigenvalue weighted by Gasteiger charge is -2.59. The molecule has 3 rings (SSSR count). The SMILES string of the molecule is CC1(C)CC2(C1)OCCNC2CC1CCC1. The van der Waals surface area contributed by atoms with Crippen LogP contribution in [0, 0.1) is 11.3 Å². The summed E-state index contributed by atoms with van der Waals surface area (Å²) in [7, 11) is 0. The van der Waals surface area contributed by atoms with Crippen molar-refractivity contribution in [1.82, 2.24) is 5.32 Å². The van der Waals surface area contributed by atoms with Crippen molar-refractivity contribution in [2.45, 2.75) is 64.0 Å². The van der Waals surface area contributed by atoms with Gasteiger partial charge in [0.15, 0.2) is 0 Å². The molecule has 2 saturated carbocycles. The van der Waals surface area contributed by atoms with Gasteiger partial charge in [-0.2, -0.15) is 0 Å². The number of morpholine rings is 1. The van der Waals surface area contributed by atoms with Crippen LogP contribution in [-0.4, -0.2) is 24.8 Å². The van der Waals surface area contributed by atoms with E-state index in [1.165, 1.54) is 38.5 Å². The fourth-order valence-electron chi connectivity index (χ4n) is 4.05. The Morgan fingerprint density at radius 3 is 2.56 bits per heavy atom. The molecule has 0 aromatic rings. The van der Waals surface area contributed by atoms with Crippen LogP contribution in [0.15, 0.2) is 0 Å². The second-order valence-electron chi connectivity index (χ2n) is 6.97. The minimum Gasteiger partial charge on any atom is -0.372 e. The maximum Gasteiger partial charge on any atom is 0.0845 e. The maximum atomic E-state index is 6.16. The number of nitrogens with one attached hydrogen (secondary N) is 1. The van der Waals surface area contributed by atoms with Gasteiger partial charge in [0.05, 0.1) is 12.2 Å². The van der Waals surface area contributed by atoms with Crippen molar-refractivity contribution in [2.24, 2.45) is 11.3 Å². The highest BCUT2D eigenvalue weighted by atomic mass is 16.5. The van der Waals surface area contributed by atoms with Crippen molar-refractivity contribution in [1.29, 1.82) is 0 Å². The lowest BCUT2D eigenvalue weighted by atomic mass is 9.56. The van der Waals surface area contributed by atoms with Crippen LogP contribution in [0.4, 0.5) is 0 Å². The molecule has 1 heterocycles. The predicted octanol–water partition coefficient (Wildman–Crippen LogP) is 2.72. The average Bonchev–Trinajstić information content (AvgIpc) is 2.10. The van der Waals surface area contributed by atoms with E-state index in [-0.39, 0.29) is 5.60 Å². The van der Waals surface area contributed by atoms with Crippen molar-refractivity contribution >= 4 is 0 Å². The summed E-state index contributed by atoms with van der Waals surface area (Å²) >= 11 is 0. The van der Waals surface area contributed by atoms with Crippen molar-refractivity contribution in [3.63, 3.8) is 0 Å². The van der Waals surface area contributed by atoms with Crippen LogP contribution >= 0.6 is 0 Å². The molecule has 16 heavy (non-hydrogen) atoms. The van der Waals surface area contributed by atoms with Gasteiger partial charge in [-0.05, 0) is 30.6 Å². The van der Waals surface area contributed by atoms with Gasteiger partial charge in [0, 0.05) is 12.6 Å². The fraction of sp³-hybridized carbons (Fsp3) is 1.00. The summed E-state index contributed by atoms with van der Waals surface area (Å²) in [5.41, 5.74) is 0.716. The summed E-state index contributed by atoms with van der Waals surface area (Å²) in [4.78, 5) is 0. The number of hydrogen-bond acceptors (Lipinski definition) is 2. The van der Waals surface area contributed by atoms with E-state index in [0.29, 0.717) is 11.5 Å². The summed E-state index contributed by atoms with van der Waals surface area (Å²) in [6, 6.07) is 0.638. The molecule has 1 N–H and O–H groups in total. The molecule has 0 bridgehead atoms. The van der Waals surface area contributed by atoms with Crippen molar-refractivity contribution in [3.8, 4) is 0 Å². The summed E-state index contributed by atoms with van der Waals surface area (Å²) in [5, 5.41) is 3.72. The third-order valence-electron chi connectivity index (χ3n) is 4.87. The third kappa shape index (κ3) is 1.80. The molecule has 2 heteroatoms. The van der Waals surface area contributed by atoms with E-state index in [0.717, 1.165) is 19.1 Å². The smallest absolute Gasteiger partial charge is 0.0845 e. The molecular weight excluding hydrogens is 198 g/mol. The van der Waals surface area contributed by atoms with Crippen LogP contribution in [0.5, 0.6) is 0 Å². The van der Waals surface area contributed by atoms with E-state index >= 15 is 0 Å². The topological polar surface area (TPSA) is 21.3 Å². The van der Waals surface area contributed by atoms with Crippen LogP contribution in [0.1, 0.15) is 52.4 Å². The van der Waals surface area contributed by atoms with Crippen molar-refractivity contribution in [2.75, 3.05) is 13.2 Å². The van der Waals surface area contributed by atoms with Crippen molar-refractivity contribution < 1.29 is 4.74 Å². The van der Waals surface area contributed by atoms with Gasteiger partial charge in [-0.15, -0.1) is 0 Å². The van der Waals surface area contributed by atoms with E-state index in [2.05, 4.69) is 19.2 Å². The number of ether oxygens (including phenoxy) is 1. The van der Waals surface area contributed by atoms with Gasteiger partial charge < -0.3 is 10.1 Å². The Labute approximate surface area is 99.1 Å². The highest BCUT2D eigenvalue weighted by Crippen LogP contribution is 2.54. The van der Waals surface area contributed by atoms with Crippen LogP contribution in [-0.2, 0) is 4.74 Å². The molecule has 0 amide bonds. The maximum absolute atomic E-state index is 6.16. The molecule has 3 aliphatic rings. The van der Waals surface area contributed by atoms with Gasteiger partial charge in [0.1, 0.15) is 0 Å². The molecule has 1 saturated heterocycles. The first-order valence-electron chi connectivity index (χ1n) is 6.97. The minimum absolute atomic E-state index is 0.206. The first-order chi connectivity index (χ1) is 7.60. The van der Waals surface area contributed by atoms with Gasteiger partial charge in [0.25, 0.3) is 0 Å². The van der Waals surface area contributed by atoms with Crippen LogP contribution in [0.3, 0.4) is 0 Å². The molecule has 3 fully saturated rings. The van der Waals surface area contributed by atoms with Gasteiger partial charge in [-0.25, -0.2) is 0 Å². The Hall–Kier alpha value is -0.0800. The number of rotatable bonds is 2. The fourth-order valence-corrected chi connectivity index (χ4v) is 4.05. The zero-order valence-corrected chi connectivity index (χ0v) is 10.7. The molecule has 92 valence electrons. The molecule has 1 unspecified atom stereocenters. The third-order valence-corrected chi connectivity index (χ3v) is 4.87. The first-order valence-corrected chi connectivity index (χ1v) is 6.97. The van der Waals surface area contributed by atoms with Crippen LogP contribution < -0.4 is 5.32 Å². The molecular formula is C14H25NO. The monoisotopic (exact) mass is 223 g/mol. The van der Waals surface area contributed by atoms with Gasteiger partial charge in [-0.1, -0.05) is 33.1 Å². The molecule has 0 aromatic carbocycles. The summed E-state index contributed by atoms with van der Waals surface area (Å²) < 4.78 is 6.16. The Bertz CT molecular complexity index is 262. The Balaban J connectivity index is 1.64. The number of hydrogen-bond donors (Lipinski definition) is 1. The Morgan fingerprint density at radius 1 is 1.25 bits per heavy atom. The predicted molar refractivity (Wildman–Crippen MR) is 65.4 cm³/mol. The van der Waals surface area contributed by atoms with Gasteiger partial charge in [0.2, 0.25) is 0 Å². The highest BCUT2D eigenvalue weighted by Gasteiger charge is 2.56. The van der Waals surface area contributed by atoms with E-state index in [1.54, 1.807) is 0 Å². The second-order valence-corrected chi connectivity index (χ2v) is 6.97. The molecule has 0 aromatic heterocycles. The second kappa shape index (κ2) is 3.71.